The zero-order chi connectivity index (χ0) is 23.2. The Balaban J connectivity index is 1.23. The summed E-state index contributed by atoms with van der Waals surface area (Å²) in [6.45, 7) is 5.37. The average molecular weight is 453 g/mol. The van der Waals surface area contributed by atoms with Crippen molar-refractivity contribution in [2.24, 2.45) is 0 Å². The van der Waals surface area contributed by atoms with E-state index in [9.17, 15) is 14.7 Å². The number of anilines is 1. The van der Waals surface area contributed by atoms with E-state index in [1.807, 2.05) is 17.3 Å². The van der Waals surface area contributed by atoms with Crippen LogP contribution in [0.5, 0.6) is 0 Å². The second-order valence-electron chi connectivity index (χ2n) is 8.85. The smallest absolute Gasteiger partial charge is 0.251 e. The molecule has 0 spiro atoms. The van der Waals surface area contributed by atoms with Gasteiger partial charge in [-0.3, -0.25) is 19.5 Å². The lowest BCUT2D eigenvalue weighted by atomic mass is 10.0. The first-order chi connectivity index (χ1) is 16.0. The third-order valence-corrected chi connectivity index (χ3v) is 6.38. The molecule has 0 bridgehead atoms. The van der Waals surface area contributed by atoms with Crippen LogP contribution in [0.4, 0.5) is 5.82 Å². The number of nitrogens with one attached hydrogen (secondary N) is 2. The van der Waals surface area contributed by atoms with Crippen molar-refractivity contribution in [3.63, 3.8) is 0 Å². The molecule has 2 aromatic heterocycles. The molecule has 3 N–H and O–H groups in total. The van der Waals surface area contributed by atoms with Crippen molar-refractivity contribution in [2.75, 3.05) is 38.0 Å². The fourth-order valence-corrected chi connectivity index (χ4v) is 4.47. The van der Waals surface area contributed by atoms with Gasteiger partial charge in [-0.2, -0.15) is 0 Å². The summed E-state index contributed by atoms with van der Waals surface area (Å²) in [7, 11) is 0. The number of likely N-dealkylation sites (tertiary alicyclic amines) is 1. The number of hydrogen-bond donors (Lipinski definition) is 3. The molecule has 1 atom stereocenters. The highest BCUT2D eigenvalue weighted by Crippen LogP contribution is 2.18. The second-order valence-corrected chi connectivity index (χ2v) is 8.85. The van der Waals surface area contributed by atoms with Gasteiger partial charge in [-0.05, 0) is 48.6 Å². The summed E-state index contributed by atoms with van der Waals surface area (Å²) in [5.74, 6) is 0.513. The lowest BCUT2D eigenvalue weighted by molar-refractivity contribution is -0.129. The van der Waals surface area contributed by atoms with E-state index in [1.54, 1.807) is 25.3 Å². The molecule has 9 nitrogen and oxygen atoms in total. The largest absolute Gasteiger partial charge is 0.390 e. The van der Waals surface area contributed by atoms with Crippen molar-refractivity contribution in [1.82, 2.24) is 25.1 Å². The summed E-state index contributed by atoms with van der Waals surface area (Å²) in [4.78, 5) is 36.7. The molecule has 1 unspecified atom stereocenters. The highest BCUT2D eigenvalue weighted by Gasteiger charge is 2.22. The van der Waals surface area contributed by atoms with Gasteiger partial charge in [-0.15, -0.1) is 0 Å². The van der Waals surface area contributed by atoms with Crippen molar-refractivity contribution in [1.29, 1.82) is 0 Å². The fraction of sp³-hybridized carbons (Fsp3) is 0.500. The Morgan fingerprint density at radius 1 is 1.18 bits per heavy atom. The van der Waals surface area contributed by atoms with Crippen molar-refractivity contribution in [3.05, 3.63) is 53.5 Å². The third kappa shape index (κ3) is 6.27. The number of piperidine rings is 1. The highest BCUT2D eigenvalue weighted by molar-refractivity contribution is 5.94. The number of hydrogen-bond acceptors (Lipinski definition) is 7. The number of aliphatic hydroxyl groups excluding tert-OH is 1. The predicted octanol–water partition coefficient (Wildman–Crippen LogP) is 1.05. The van der Waals surface area contributed by atoms with Crippen LogP contribution in [0, 0.1) is 0 Å². The van der Waals surface area contributed by atoms with E-state index in [2.05, 4.69) is 31.6 Å². The molecule has 2 aliphatic rings. The second kappa shape index (κ2) is 10.7. The lowest BCUT2D eigenvalue weighted by Gasteiger charge is -2.32. The van der Waals surface area contributed by atoms with Crippen LogP contribution >= 0.6 is 0 Å². The van der Waals surface area contributed by atoms with Gasteiger partial charge in [0.2, 0.25) is 5.91 Å². The maximum Gasteiger partial charge on any atom is 0.251 e. The molecular formula is C24H32N6O3. The van der Waals surface area contributed by atoms with Crippen molar-refractivity contribution < 1.29 is 14.7 Å². The zero-order valence-corrected chi connectivity index (χ0v) is 19.0. The molecular weight excluding hydrogens is 420 g/mol. The molecule has 176 valence electrons. The number of aliphatic hydroxyl groups is 1. The molecule has 2 aromatic rings. The summed E-state index contributed by atoms with van der Waals surface area (Å²) in [6.07, 6.45) is 7.29. The number of nitrogens with zero attached hydrogens (tertiary/aromatic N) is 4. The minimum atomic E-state index is -0.655. The van der Waals surface area contributed by atoms with Crippen LogP contribution in [-0.2, 0) is 17.8 Å². The highest BCUT2D eigenvalue weighted by atomic mass is 16.3. The number of carbonyl (C=O) groups is 2. The summed E-state index contributed by atoms with van der Waals surface area (Å²) in [5, 5.41) is 16.7. The van der Waals surface area contributed by atoms with Crippen molar-refractivity contribution >= 4 is 17.6 Å². The summed E-state index contributed by atoms with van der Waals surface area (Å²) in [5.41, 5.74) is 3.01. The first kappa shape index (κ1) is 23.1. The van der Waals surface area contributed by atoms with Crippen LogP contribution in [0.15, 0.2) is 36.8 Å². The van der Waals surface area contributed by atoms with Gasteiger partial charge in [0.15, 0.2) is 0 Å². The quantitative estimate of drug-likeness (QED) is 0.576. The summed E-state index contributed by atoms with van der Waals surface area (Å²) >= 11 is 0. The van der Waals surface area contributed by atoms with E-state index < -0.39 is 6.10 Å². The van der Waals surface area contributed by atoms with Gasteiger partial charge < -0.3 is 20.6 Å². The molecule has 9 heteroatoms. The standard InChI is InChI=1S/C24H32N6O3/c1-17(31)30-10-5-21(6-11-30)28-23-12-19(3-8-26-23)24(33)27-14-22(32)16-29-9-4-18-2-7-25-13-20(18)15-29/h2-3,7-8,12-13,21-22,32H,4-6,9-11,14-16H2,1H3,(H,26,28)(H,27,33). The topological polar surface area (TPSA) is 111 Å². The molecule has 2 amide bonds. The van der Waals surface area contributed by atoms with E-state index in [4.69, 9.17) is 0 Å². The number of fused-ring (bicyclic) bond motifs is 1. The number of amides is 2. The molecule has 0 aromatic carbocycles. The van der Waals surface area contributed by atoms with Crippen molar-refractivity contribution in [3.8, 4) is 0 Å². The summed E-state index contributed by atoms with van der Waals surface area (Å²) < 4.78 is 0. The predicted molar refractivity (Wildman–Crippen MR) is 125 cm³/mol. The minimum Gasteiger partial charge on any atom is -0.390 e. The van der Waals surface area contributed by atoms with Crippen LogP contribution in [0.1, 0.15) is 41.3 Å². The Bertz CT molecular complexity index is 976. The molecule has 4 heterocycles. The number of pyridine rings is 2. The van der Waals surface area contributed by atoms with Gasteiger partial charge >= 0.3 is 0 Å². The van der Waals surface area contributed by atoms with Gasteiger partial charge in [0.25, 0.3) is 5.91 Å². The molecule has 33 heavy (non-hydrogen) atoms. The molecule has 1 fully saturated rings. The fourth-order valence-electron chi connectivity index (χ4n) is 4.47. The van der Waals surface area contributed by atoms with Gasteiger partial charge in [0.1, 0.15) is 5.82 Å². The lowest BCUT2D eigenvalue weighted by Crippen LogP contribution is -2.42. The van der Waals surface area contributed by atoms with Crippen LogP contribution in [0.3, 0.4) is 0 Å². The first-order valence-electron chi connectivity index (χ1n) is 11.6. The van der Waals surface area contributed by atoms with E-state index in [1.165, 1.54) is 11.1 Å². The van der Waals surface area contributed by atoms with Gasteiger partial charge in [-0.1, -0.05) is 0 Å². The number of β-amino-alcohol motifs (C(OH)–C–C–N with tert-alkyl or cyclic N) is 1. The first-order valence-corrected chi connectivity index (χ1v) is 11.6. The molecule has 2 aliphatic heterocycles. The van der Waals surface area contributed by atoms with Gasteiger partial charge in [0.05, 0.1) is 6.10 Å². The maximum atomic E-state index is 12.6. The average Bonchev–Trinajstić information content (AvgIpc) is 2.83. The van der Waals surface area contributed by atoms with Crippen LogP contribution in [0.25, 0.3) is 0 Å². The summed E-state index contributed by atoms with van der Waals surface area (Å²) in [6, 6.07) is 5.67. The van der Waals surface area contributed by atoms with E-state index in [0.717, 1.165) is 45.4 Å². The Morgan fingerprint density at radius 3 is 2.79 bits per heavy atom. The monoisotopic (exact) mass is 452 g/mol. The van der Waals surface area contributed by atoms with Gasteiger partial charge in [-0.25, -0.2) is 4.98 Å². The minimum absolute atomic E-state index is 0.106. The molecule has 4 rings (SSSR count). The molecule has 0 radical (unpaired) electrons. The number of rotatable bonds is 7. The molecule has 0 saturated carbocycles. The Kier molecular flexibility index (Phi) is 7.51. The van der Waals surface area contributed by atoms with Crippen LogP contribution in [-0.4, -0.2) is 81.6 Å². The van der Waals surface area contributed by atoms with E-state index in [-0.39, 0.29) is 24.4 Å². The third-order valence-electron chi connectivity index (χ3n) is 6.38. The van der Waals surface area contributed by atoms with E-state index >= 15 is 0 Å². The normalized spacial score (nSPS) is 17.8. The number of carbonyl (C=O) groups excluding carboxylic acids is 2. The SMILES string of the molecule is CC(=O)N1CCC(Nc2cc(C(=O)NCC(O)CN3CCc4ccncc4C3)ccn2)CC1. The Hall–Kier alpha value is -3.04. The van der Waals surface area contributed by atoms with E-state index in [0.29, 0.717) is 17.9 Å². The molecule has 1 saturated heterocycles. The van der Waals surface area contributed by atoms with Crippen LogP contribution < -0.4 is 10.6 Å². The number of aromatic nitrogens is 2. The van der Waals surface area contributed by atoms with Crippen LogP contribution in [0.2, 0.25) is 0 Å². The van der Waals surface area contributed by atoms with Gasteiger partial charge in [0, 0.05) is 76.4 Å². The van der Waals surface area contributed by atoms with Crippen molar-refractivity contribution in [2.45, 2.75) is 44.9 Å². The Labute approximate surface area is 194 Å². The zero-order valence-electron chi connectivity index (χ0n) is 19.0. The Morgan fingerprint density at radius 2 is 2.00 bits per heavy atom. The molecule has 0 aliphatic carbocycles. The maximum absolute atomic E-state index is 12.6.